The molecular weight excluding hydrogens is 509 g/mol. The monoisotopic (exact) mass is 538 g/mol. The molecule has 1 aromatic heterocycles. The lowest BCUT2D eigenvalue weighted by Crippen LogP contribution is -2.50. The molecule has 0 spiro atoms. The molecule has 1 aromatic carbocycles. The number of aryl methyl sites for hydroxylation is 1. The van der Waals surface area contributed by atoms with Crippen LogP contribution >= 0.6 is 11.6 Å². The number of allylic oxidation sites excluding steroid dienone is 1. The molecule has 11 heteroatoms. The van der Waals surface area contributed by atoms with Gasteiger partial charge in [-0.2, -0.15) is 0 Å². The van der Waals surface area contributed by atoms with E-state index in [9.17, 15) is 18.7 Å². The van der Waals surface area contributed by atoms with E-state index in [2.05, 4.69) is 15.5 Å². The van der Waals surface area contributed by atoms with Crippen molar-refractivity contribution in [2.45, 2.75) is 70.2 Å². The number of aliphatic imine (C=N–C) groups is 1. The number of nitrogens with one attached hydrogen (secondary N) is 1. The molecule has 2 aliphatic heterocycles. The summed E-state index contributed by atoms with van der Waals surface area (Å²) >= 11 is 6.47. The maximum absolute atomic E-state index is 16.0. The van der Waals surface area contributed by atoms with Crippen molar-refractivity contribution in [1.82, 2.24) is 10.1 Å². The van der Waals surface area contributed by atoms with Crippen molar-refractivity contribution in [3.63, 3.8) is 0 Å². The first-order chi connectivity index (χ1) is 17.5. The fourth-order valence-corrected chi connectivity index (χ4v) is 5.14. The molecule has 0 radical (unpaired) electrons. The van der Waals surface area contributed by atoms with Gasteiger partial charge in [0, 0.05) is 55.6 Å². The fraction of sp³-hybridized carbons (Fsp3) is 0.500. The Bertz CT molecular complexity index is 1220. The number of aliphatic hydroxyl groups excluding tert-OH is 1. The van der Waals surface area contributed by atoms with Gasteiger partial charge in [0.05, 0.1) is 22.5 Å². The van der Waals surface area contributed by atoms with E-state index in [-0.39, 0.29) is 67.2 Å². The number of likely N-dealkylation sites (tertiary alicyclic amines) is 1. The lowest BCUT2D eigenvalue weighted by molar-refractivity contribution is -0.00887. The Labute approximate surface area is 218 Å². The summed E-state index contributed by atoms with van der Waals surface area (Å²) in [5.74, 6) is -2.93. The highest BCUT2D eigenvalue weighted by atomic mass is 35.5. The fourth-order valence-electron chi connectivity index (χ4n) is 4.79. The van der Waals surface area contributed by atoms with E-state index >= 15 is 4.39 Å². The summed E-state index contributed by atoms with van der Waals surface area (Å²) in [6, 6.07) is 5.12. The number of hydrogen-bond acceptors (Lipinski definition) is 5. The summed E-state index contributed by atoms with van der Waals surface area (Å²) in [4.78, 5) is 18.8. The van der Waals surface area contributed by atoms with Crippen molar-refractivity contribution < 1.29 is 27.6 Å². The third-order valence-electron chi connectivity index (χ3n) is 7.06. The van der Waals surface area contributed by atoms with Gasteiger partial charge >= 0.3 is 6.03 Å². The average Bonchev–Trinajstić information content (AvgIpc) is 3.34. The highest BCUT2D eigenvalue weighted by Crippen LogP contribution is 2.39. The summed E-state index contributed by atoms with van der Waals surface area (Å²) in [6.45, 7) is 4.82. The van der Waals surface area contributed by atoms with Crippen molar-refractivity contribution in [1.29, 1.82) is 0 Å². The molecule has 3 heterocycles. The number of alkyl halides is 3. The Kier molecular flexibility index (Phi) is 7.71. The number of halogens is 4. The molecule has 2 aromatic rings. The quantitative estimate of drug-likeness (QED) is 0.467. The third kappa shape index (κ3) is 5.55. The van der Waals surface area contributed by atoms with Crippen LogP contribution in [0.5, 0.6) is 0 Å². The SMILES string of the molecule is CCC(F)(F)c1ccc(NC(=O)N2CCC(F)(C3=NC(C)C(c4cc(CO)on4)C=C3Cl)CC2)cc1C. The molecule has 200 valence electrons. The van der Waals surface area contributed by atoms with Crippen LogP contribution in [-0.2, 0) is 12.5 Å². The van der Waals surface area contributed by atoms with Crippen molar-refractivity contribution in [2.24, 2.45) is 4.99 Å². The second kappa shape index (κ2) is 10.5. The van der Waals surface area contributed by atoms with Gasteiger partial charge in [0.15, 0.2) is 11.4 Å². The van der Waals surface area contributed by atoms with Crippen molar-refractivity contribution in [3.8, 4) is 0 Å². The Morgan fingerprint density at radius 2 is 2.03 bits per heavy atom. The summed E-state index contributed by atoms with van der Waals surface area (Å²) in [5.41, 5.74) is -0.373. The van der Waals surface area contributed by atoms with E-state index in [0.29, 0.717) is 22.7 Å². The Balaban J connectivity index is 1.39. The average molecular weight is 539 g/mol. The first kappa shape index (κ1) is 27.2. The zero-order valence-corrected chi connectivity index (χ0v) is 21.7. The van der Waals surface area contributed by atoms with Crippen molar-refractivity contribution in [3.05, 3.63) is 58.0 Å². The topological polar surface area (TPSA) is 91.0 Å². The highest BCUT2D eigenvalue weighted by Gasteiger charge is 2.44. The summed E-state index contributed by atoms with van der Waals surface area (Å²) in [7, 11) is 0. The molecule has 2 atom stereocenters. The number of carbonyl (C=O) groups excluding carboxylic acids is 1. The molecule has 4 rings (SSSR count). The zero-order valence-electron chi connectivity index (χ0n) is 20.9. The smallest absolute Gasteiger partial charge is 0.321 e. The van der Waals surface area contributed by atoms with Gasteiger partial charge < -0.3 is 19.8 Å². The van der Waals surface area contributed by atoms with Crippen LogP contribution in [-0.4, -0.2) is 51.7 Å². The molecule has 2 unspecified atom stereocenters. The van der Waals surface area contributed by atoms with Crippen LogP contribution in [0.4, 0.5) is 23.7 Å². The third-order valence-corrected chi connectivity index (χ3v) is 7.37. The summed E-state index contributed by atoms with van der Waals surface area (Å²) < 4.78 is 49.2. The number of benzene rings is 1. The normalized spacial score (nSPS) is 21.9. The molecule has 0 bridgehead atoms. The number of hydrogen-bond donors (Lipinski definition) is 2. The first-order valence-corrected chi connectivity index (χ1v) is 12.6. The number of aliphatic hydroxyl groups is 1. The van der Waals surface area contributed by atoms with Crippen LogP contribution in [0.1, 0.15) is 61.6 Å². The van der Waals surface area contributed by atoms with E-state index in [1.54, 1.807) is 19.1 Å². The Hall–Kier alpha value is -2.85. The standard InChI is InChI=1S/C26H30ClF3N4O3/c1-4-26(29,30)20-6-5-17(11-15(20)2)32-24(36)34-9-7-25(28,8-10-34)23-21(27)13-19(16(3)31-23)22-12-18(14-35)37-33-22/h5-6,11-13,16,19,35H,4,7-10,14H2,1-3H3,(H,32,36). The van der Waals surface area contributed by atoms with Crippen molar-refractivity contribution >= 4 is 29.0 Å². The number of aromatic nitrogens is 1. The van der Waals surface area contributed by atoms with Crippen LogP contribution in [0.15, 0.2) is 44.9 Å². The van der Waals surface area contributed by atoms with Gasteiger partial charge in [0.2, 0.25) is 0 Å². The van der Waals surface area contributed by atoms with E-state index < -0.39 is 17.6 Å². The van der Waals surface area contributed by atoms with Gasteiger partial charge in [0.25, 0.3) is 5.92 Å². The minimum atomic E-state index is -2.93. The summed E-state index contributed by atoms with van der Waals surface area (Å²) in [5, 5.41) is 16.1. The molecule has 7 nitrogen and oxygen atoms in total. The van der Waals surface area contributed by atoms with Crippen LogP contribution in [0.2, 0.25) is 0 Å². The predicted octanol–water partition coefficient (Wildman–Crippen LogP) is 6.06. The number of piperidine rings is 1. The van der Waals surface area contributed by atoms with E-state index in [1.807, 2.05) is 6.92 Å². The molecule has 2 amide bonds. The second-order valence-electron chi connectivity index (χ2n) is 9.61. The maximum Gasteiger partial charge on any atom is 0.321 e. The van der Waals surface area contributed by atoms with Crippen LogP contribution in [0.25, 0.3) is 0 Å². The molecule has 0 aliphatic carbocycles. The number of nitrogens with zero attached hydrogens (tertiary/aromatic N) is 3. The number of dihydropyridines is 1. The van der Waals surface area contributed by atoms with Crippen LogP contribution in [0.3, 0.4) is 0 Å². The minimum Gasteiger partial charge on any atom is -0.388 e. The van der Waals surface area contributed by atoms with E-state index in [0.717, 1.165) is 0 Å². The first-order valence-electron chi connectivity index (χ1n) is 12.2. The van der Waals surface area contributed by atoms with Gasteiger partial charge in [-0.3, -0.25) is 4.99 Å². The van der Waals surface area contributed by atoms with Crippen LogP contribution in [0, 0.1) is 6.92 Å². The Morgan fingerprint density at radius 1 is 1.32 bits per heavy atom. The van der Waals surface area contributed by atoms with Gasteiger partial charge in [-0.15, -0.1) is 0 Å². The number of carbonyl (C=O) groups is 1. The second-order valence-corrected chi connectivity index (χ2v) is 10.0. The molecule has 1 fully saturated rings. The summed E-state index contributed by atoms with van der Waals surface area (Å²) in [6.07, 6.45) is 1.41. The predicted molar refractivity (Wildman–Crippen MR) is 135 cm³/mol. The Morgan fingerprint density at radius 3 is 2.62 bits per heavy atom. The maximum atomic E-state index is 16.0. The molecule has 1 saturated heterocycles. The number of anilines is 1. The number of rotatable bonds is 6. The molecule has 37 heavy (non-hydrogen) atoms. The highest BCUT2D eigenvalue weighted by molar-refractivity contribution is 6.45. The zero-order chi connectivity index (χ0) is 27.0. The molecular formula is C26H30ClF3N4O3. The number of amides is 2. The van der Waals surface area contributed by atoms with Crippen molar-refractivity contribution in [2.75, 3.05) is 18.4 Å². The largest absolute Gasteiger partial charge is 0.388 e. The number of urea groups is 1. The van der Waals surface area contributed by atoms with Gasteiger partial charge in [-0.05, 0) is 31.5 Å². The van der Waals surface area contributed by atoms with Gasteiger partial charge in [-0.25, -0.2) is 18.0 Å². The molecule has 0 saturated carbocycles. The van der Waals surface area contributed by atoms with E-state index in [1.165, 1.54) is 30.0 Å². The lowest BCUT2D eigenvalue weighted by Gasteiger charge is -2.38. The lowest BCUT2D eigenvalue weighted by atomic mass is 9.84. The van der Waals surface area contributed by atoms with Gasteiger partial charge in [-0.1, -0.05) is 35.8 Å². The molecule has 2 N–H and O–H groups in total. The van der Waals surface area contributed by atoms with Crippen LogP contribution < -0.4 is 5.32 Å². The molecule has 2 aliphatic rings. The van der Waals surface area contributed by atoms with Gasteiger partial charge in [0.1, 0.15) is 6.61 Å². The minimum absolute atomic E-state index is 0.0139. The van der Waals surface area contributed by atoms with E-state index in [4.69, 9.17) is 16.1 Å².